The van der Waals surface area contributed by atoms with Gasteiger partial charge in [0, 0.05) is 0 Å². The molecular formula is C6H8ClN. The number of hydrogen-bond donors (Lipinski definition) is 0. The van der Waals surface area contributed by atoms with Crippen LogP contribution in [0.2, 0.25) is 0 Å². The summed E-state index contributed by atoms with van der Waals surface area (Å²) in [6, 6.07) is 0. The van der Waals surface area contributed by atoms with E-state index >= 15 is 0 Å². The molecule has 0 saturated heterocycles. The van der Waals surface area contributed by atoms with Gasteiger partial charge in [-0.2, -0.15) is 0 Å². The van der Waals surface area contributed by atoms with Crippen molar-refractivity contribution >= 4 is 18.3 Å². The summed E-state index contributed by atoms with van der Waals surface area (Å²) in [4.78, 5) is 3.60. The predicted molar refractivity (Wildman–Crippen MR) is 38.5 cm³/mol. The maximum Gasteiger partial charge on any atom is 0.0647 e. The van der Waals surface area contributed by atoms with Crippen LogP contribution in [0.15, 0.2) is 29.4 Å². The van der Waals surface area contributed by atoms with E-state index in [9.17, 15) is 0 Å². The lowest BCUT2D eigenvalue weighted by atomic mass is 10.4. The smallest absolute Gasteiger partial charge is 0.0647 e. The molecule has 0 unspecified atom stereocenters. The largest absolute Gasteiger partial charge is 0.268 e. The van der Waals surface area contributed by atoms with Crippen LogP contribution in [0.3, 0.4) is 0 Å². The van der Waals surface area contributed by atoms with Crippen LogP contribution in [-0.4, -0.2) is 12.6 Å². The van der Waals surface area contributed by atoms with E-state index in [1.807, 2.05) is 0 Å². The number of hydrogen-bond acceptors (Lipinski definition) is 1. The number of allylic oxidation sites excluding steroid dienone is 3. The van der Waals surface area contributed by atoms with Crippen molar-refractivity contribution in [3.8, 4) is 0 Å². The fourth-order valence-corrected chi connectivity index (χ4v) is 0.449. The molecule has 0 fully saturated rings. The Morgan fingerprint density at radius 3 is 2.50 bits per heavy atom. The molecule has 1 nitrogen and oxygen atoms in total. The highest BCUT2D eigenvalue weighted by Gasteiger charge is 1.82. The van der Waals surface area contributed by atoms with Gasteiger partial charge >= 0.3 is 0 Å². The van der Waals surface area contributed by atoms with Crippen molar-refractivity contribution in [2.24, 2.45) is 4.99 Å². The fraction of sp³-hybridized carbons (Fsp3) is 0.167. The van der Waals surface area contributed by atoms with Gasteiger partial charge in [0.05, 0.1) is 11.6 Å². The van der Waals surface area contributed by atoms with Gasteiger partial charge < -0.3 is 0 Å². The summed E-state index contributed by atoms with van der Waals surface area (Å²) in [5.41, 5.74) is 0.752. The first-order valence-corrected chi connectivity index (χ1v) is 2.73. The van der Waals surface area contributed by atoms with E-state index in [-0.39, 0.29) is 0 Å². The van der Waals surface area contributed by atoms with Gasteiger partial charge in [0.25, 0.3) is 0 Å². The average molecular weight is 130 g/mol. The number of alkyl halides is 1. The zero-order valence-electron chi connectivity index (χ0n) is 4.60. The lowest BCUT2D eigenvalue weighted by Gasteiger charge is -1.86. The van der Waals surface area contributed by atoms with Crippen LogP contribution in [0, 0.1) is 0 Å². The van der Waals surface area contributed by atoms with Crippen LogP contribution in [0.4, 0.5) is 0 Å². The topological polar surface area (TPSA) is 12.4 Å². The van der Waals surface area contributed by atoms with Gasteiger partial charge in [0.15, 0.2) is 0 Å². The molecule has 0 aromatic rings. The summed E-state index contributed by atoms with van der Waals surface area (Å²) < 4.78 is 0. The Balaban J connectivity index is 3.84. The van der Waals surface area contributed by atoms with Gasteiger partial charge in [0.2, 0.25) is 0 Å². The Morgan fingerprint density at radius 1 is 1.75 bits per heavy atom. The van der Waals surface area contributed by atoms with Gasteiger partial charge in [-0.25, -0.2) is 0 Å². The van der Waals surface area contributed by atoms with Crippen molar-refractivity contribution < 1.29 is 0 Å². The minimum absolute atomic E-state index is 0.398. The van der Waals surface area contributed by atoms with Crippen LogP contribution >= 0.6 is 11.6 Å². The average Bonchev–Trinajstić information content (AvgIpc) is 1.83. The summed E-state index contributed by atoms with van der Waals surface area (Å²) in [5.74, 6) is 0.398. The second kappa shape index (κ2) is 4.60. The van der Waals surface area contributed by atoms with Gasteiger partial charge in [-0.05, 0) is 12.8 Å². The van der Waals surface area contributed by atoms with Crippen molar-refractivity contribution in [2.75, 3.05) is 5.88 Å². The van der Waals surface area contributed by atoms with E-state index in [1.54, 1.807) is 12.2 Å². The summed E-state index contributed by atoms with van der Waals surface area (Å²) in [6.07, 6.45) is 3.35. The molecule has 2 heteroatoms. The molecule has 0 heterocycles. The third-order valence-electron chi connectivity index (χ3n) is 0.650. The van der Waals surface area contributed by atoms with E-state index < -0.39 is 0 Å². The van der Waals surface area contributed by atoms with Gasteiger partial charge in [-0.3, -0.25) is 4.99 Å². The van der Waals surface area contributed by atoms with Crippen LogP contribution in [0.1, 0.15) is 0 Å². The normalized spacial score (nSPS) is 10.9. The highest BCUT2D eigenvalue weighted by molar-refractivity contribution is 6.19. The molecule has 0 bridgehead atoms. The van der Waals surface area contributed by atoms with E-state index in [2.05, 4.69) is 18.3 Å². The van der Waals surface area contributed by atoms with E-state index in [0.717, 1.165) is 5.70 Å². The minimum atomic E-state index is 0.398. The Kier molecular flexibility index (Phi) is 4.27. The first-order valence-electron chi connectivity index (χ1n) is 2.19. The molecule has 0 aliphatic heterocycles. The van der Waals surface area contributed by atoms with E-state index in [4.69, 9.17) is 11.6 Å². The standard InChI is InChI=1S/C6H8ClN/c1-3-4-6(5-7)8-2/h3-4H,1-2,5H2/b6-4-. The molecule has 0 aromatic heterocycles. The van der Waals surface area contributed by atoms with Crippen molar-refractivity contribution in [1.29, 1.82) is 0 Å². The molecule has 0 aromatic carbocycles. The van der Waals surface area contributed by atoms with Crippen LogP contribution in [-0.2, 0) is 0 Å². The zero-order valence-corrected chi connectivity index (χ0v) is 5.36. The van der Waals surface area contributed by atoms with Gasteiger partial charge in [-0.15, -0.1) is 11.6 Å². The summed E-state index contributed by atoms with van der Waals surface area (Å²) >= 11 is 5.40. The number of nitrogens with zero attached hydrogens (tertiary/aromatic N) is 1. The van der Waals surface area contributed by atoms with Crippen LogP contribution < -0.4 is 0 Å². The Hall–Kier alpha value is -0.560. The molecule has 8 heavy (non-hydrogen) atoms. The minimum Gasteiger partial charge on any atom is -0.268 e. The summed E-state index contributed by atoms with van der Waals surface area (Å²) in [7, 11) is 0. The molecule has 0 radical (unpaired) electrons. The molecule has 0 rings (SSSR count). The summed E-state index contributed by atoms with van der Waals surface area (Å²) in [6.45, 7) is 6.77. The van der Waals surface area contributed by atoms with Crippen molar-refractivity contribution in [2.45, 2.75) is 0 Å². The Labute approximate surface area is 54.4 Å². The number of aliphatic imine (C=N–C) groups is 1. The second-order valence-corrected chi connectivity index (χ2v) is 1.45. The maximum absolute atomic E-state index is 5.40. The zero-order chi connectivity index (χ0) is 6.41. The third-order valence-corrected chi connectivity index (χ3v) is 0.924. The lowest BCUT2D eigenvalue weighted by molar-refractivity contribution is 1.33. The predicted octanol–water partition coefficient (Wildman–Crippen LogP) is 2.00. The molecule has 0 spiro atoms. The number of rotatable bonds is 3. The van der Waals surface area contributed by atoms with Crippen molar-refractivity contribution in [1.82, 2.24) is 0 Å². The first kappa shape index (κ1) is 7.44. The molecule has 0 N–H and O–H groups in total. The SMILES string of the molecule is C=C/C=C(/CCl)N=C. The molecular weight excluding hydrogens is 122 g/mol. The maximum atomic E-state index is 5.40. The van der Waals surface area contributed by atoms with Crippen molar-refractivity contribution in [3.05, 3.63) is 24.4 Å². The molecule has 44 valence electrons. The third kappa shape index (κ3) is 2.59. The monoisotopic (exact) mass is 129 g/mol. The Bertz CT molecular complexity index is 116. The van der Waals surface area contributed by atoms with E-state index in [0.29, 0.717) is 5.88 Å². The molecule has 0 aliphatic rings. The first-order chi connectivity index (χ1) is 3.85. The lowest BCUT2D eigenvalue weighted by Crippen LogP contribution is -1.74. The van der Waals surface area contributed by atoms with Gasteiger partial charge in [0.1, 0.15) is 0 Å². The summed E-state index contributed by atoms with van der Waals surface area (Å²) in [5, 5.41) is 0. The van der Waals surface area contributed by atoms with Gasteiger partial charge in [-0.1, -0.05) is 12.7 Å². The second-order valence-electron chi connectivity index (χ2n) is 1.19. The highest BCUT2D eigenvalue weighted by Crippen LogP contribution is 1.96. The van der Waals surface area contributed by atoms with Crippen molar-refractivity contribution in [3.63, 3.8) is 0 Å². The van der Waals surface area contributed by atoms with E-state index in [1.165, 1.54) is 0 Å². The molecule has 0 atom stereocenters. The van der Waals surface area contributed by atoms with Crippen LogP contribution in [0.5, 0.6) is 0 Å². The Morgan fingerprint density at radius 2 is 2.38 bits per heavy atom. The molecule has 0 aliphatic carbocycles. The van der Waals surface area contributed by atoms with Crippen LogP contribution in [0.25, 0.3) is 0 Å². The number of halogens is 1. The molecule has 0 amide bonds. The molecule has 0 saturated carbocycles. The quantitative estimate of drug-likeness (QED) is 0.314. The fourth-order valence-electron chi connectivity index (χ4n) is 0.276. The highest BCUT2D eigenvalue weighted by atomic mass is 35.5.